The number of aryl methyl sites for hydroxylation is 1. The average Bonchev–Trinajstić information content (AvgIpc) is 2.84. The van der Waals surface area contributed by atoms with Crippen molar-refractivity contribution in [2.45, 2.75) is 45.5 Å². The van der Waals surface area contributed by atoms with E-state index in [2.05, 4.69) is 20.2 Å². The normalized spacial score (nSPS) is 14.3. The third-order valence-corrected chi connectivity index (χ3v) is 6.09. The first-order chi connectivity index (χ1) is 16.8. The van der Waals surface area contributed by atoms with Crippen molar-refractivity contribution < 1.29 is 8.78 Å². The zero-order valence-corrected chi connectivity index (χ0v) is 19.9. The molecular formula is C27H28F2N6. The van der Waals surface area contributed by atoms with Crippen LogP contribution in [0.1, 0.15) is 37.4 Å². The predicted molar refractivity (Wildman–Crippen MR) is 135 cm³/mol. The van der Waals surface area contributed by atoms with Crippen LogP contribution in [0.3, 0.4) is 0 Å². The van der Waals surface area contributed by atoms with Gasteiger partial charge < -0.3 is 10.2 Å². The molecule has 1 aromatic carbocycles. The van der Waals surface area contributed by atoms with E-state index in [0.29, 0.717) is 17.3 Å². The summed E-state index contributed by atoms with van der Waals surface area (Å²) in [6.45, 7) is 4.74. The maximum absolute atomic E-state index is 13.5. The Bertz CT molecular complexity index is 1330. The molecule has 0 atom stereocenters. The first kappa shape index (κ1) is 23.1. The number of anilines is 3. The van der Waals surface area contributed by atoms with Crippen molar-refractivity contribution in [1.82, 2.24) is 19.9 Å². The van der Waals surface area contributed by atoms with Gasteiger partial charge in [0.25, 0.3) is 0 Å². The molecule has 0 radical (unpaired) electrons. The quantitative estimate of drug-likeness (QED) is 0.352. The van der Waals surface area contributed by atoms with Crippen molar-refractivity contribution in [1.29, 1.82) is 0 Å². The molecule has 4 aromatic rings. The van der Waals surface area contributed by atoms with Gasteiger partial charge in [0.2, 0.25) is 11.9 Å². The molecule has 0 amide bonds. The summed E-state index contributed by atoms with van der Waals surface area (Å²) in [6, 6.07) is 13.0. The van der Waals surface area contributed by atoms with Gasteiger partial charge in [-0.2, -0.15) is 4.98 Å². The van der Waals surface area contributed by atoms with Crippen LogP contribution >= 0.6 is 0 Å². The van der Waals surface area contributed by atoms with Crippen molar-refractivity contribution in [3.63, 3.8) is 0 Å². The fraction of sp³-hybridized carbons (Fsp3) is 0.333. The number of aromatic nitrogens is 4. The molecule has 1 N–H and O–H groups in total. The summed E-state index contributed by atoms with van der Waals surface area (Å²) in [6.07, 6.45) is 6.71. The first-order valence-corrected chi connectivity index (χ1v) is 11.9. The molecule has 0 unspecified atom stereocenters. The van der Waals surface area contributed by atoms with Gasteiger partial charge in [-0.25, -0.2) is 13.8 Å². The minimum Gasteiger partial charge on any atom is -0.341 e. The molecule has 35 heavy (non-hydrogen) atoms. The zero-order chi connectivity index (χ0) is 24.4. The van der Waals surface area contributed by atoms with Crippen molar-refractivity contribution in [2.75, 3.05) is 23.3 Å². The van der Waals surface area contributed by atoms with E-state index in [4.69, 9.17) is 9.97 Å². The highest BCUT2D eigenvalue weighted by Gasteiger charge is 2.21. The Balaban J connectivity index is 1.49. The fourth-order valence-electron chi connectivity index (χ4n) is 4.37. The highest BCUT2D eigenvalue weighted by atomic mass is 19.3. The zero-order valence-electron chi connectivity index (χ0n) is 19.9. The second-order valence-electron chi connectivity index (χ2n) is 9.30. The Morgan fingerprint density at radius 3 is 2.51 bits per heavy atom. The summed E-state index contributed by atoms with van der Waals surface area (Å²) < 4.78 is 27.0. The van der Waals surface area contributed by atoms with E-state index in [1.165, 1.54) is 6.42 Å². The standard InChI is InChI=1S/C27H28F2N6/c1-18-6-8-20(16-30-18)24-14-25(34-26(33-24)35-10-4-3-5-11-35)32-22-13-21-12-19(15-27(2,28)29)7-9-23(21)31-17-22/h6-9,12-14,16-17H,3-5,10-11,15H2,1-2H3,(H,32,33,34). The van der Waals surface area contributed by atoms with Crippen LogP contribution in [0.5, 0.6) is 0 Å². The summed E-state index contributed by atoms with van der Waals surface area (Å²) in [5, 5.41) is 4.15. The van der Waals surface area contributed by atoms with E-state index < -0.39 is 5.92 Å². The van der Waals surface area contributed by atoms with E-state index in [-0.39, 0.29) is 6.42 Å². The Morgan fingerprint density at radius 1 is 0.943 bits per heavy atom. The molecule has 1 aliphatic heterocycles. The number of rotatable bonds is 6. The summed E-state index contributed by atoms with van der Waals surface area (Å²) in [5.41, 5.74) is 4.71. The summed E-state index contributed by atoms with van der Waals surface area (Å²) >= 11 is 0. The van der Waals surface area contributed by atoms with Crippen molar-refractivity contribution in [3.8, 4) is 11.3 Å². The van der Waals surface area contributed by atoms with Crippen molar-refractivity contribution in [2.24, 2.45) is 0 Å². The van der Waals surface area contributed by atoms with Gasteiger partial charge >= 0.3 is 0 Å². The van der Waals surface area contributed by atoms with Crippen molar-refractivity contribution in [3.05, 3.63) is 66.1 Å². The van der Waals surface area contributed by atoms with Gasteiger partial charge in [0, 0.05) is 48.4 Å². The van der Waals surface area contributed by atoms with Crippen LogP contribution in [-0.4, -0.2) is 38.9 Å². The predicted octanol–water partition coefficient (Wildman–Crippen LogP) is 6.33. The molecule has 0 saturated carbocycles. The maximum atomic E-state index is 13.5. The van der Waals surface area contributed by atoms with Gasteiger partial charge in [0.15, 0.2) is 0 Å². The first-order valence-electron chi connectivity index (χ1n) is 11.9. The van der Waals surface area contributed by atoms with E-state index in [1.807, 2.05) is 37.4 Å². The molecule has 8 heteroatoms. The van der Waals surface area contributed by atoms with Crippen molar-refractivity contribution >= 4 is 28.4 Å². The van der Waals surface area contributed by atoms with E-state index in [1.54, 1.807) is 24.4 Å². The second-order valence-corrected chi connectivity index (χ2v) is 9.30. The molecule has 1 aliphatic rings. The summed E-state index contributed by atoms with van der Waals surface area (Å²) in [5.74, 6) is -1.43. The molecule has 1 fully saturated rings. The van der Waals surface area contributed by atoms with Crippen LogP contribution in [-0.2, 0) is 6.42 Å². The lowest BCUT2D eigenvalue weighted by Crippen LogP contribution is -2.31. The monoisotopic (exact) mass is 474 g/mol. The summed E-state index contributed by atoms with van der Waals surface area (Å²) in [7, 11) is 0. The number of alkyl halides is 2. The maximum Gasteiger partial charge on any atom is 0.249 e. The molecule has 1 saturated heterocycles. The van der Waals surface area contributed by atoms with Crippen LogP contribution < -0.4 is 10.2 Å². The minimum atomic E-state index is -2.76. The average molecular weight is 475 g/mol. The van der Waals surface area contributed by atoms with Crippen LogP contribution in [0, 0.1) is 6.92 Å². The van der Waals surface area contributed by atoms with Gasteiger partial charge in [-0.05, 0) is 69.0 Å². The number of nitrogens with one attached hydrogen (secondary N) is 1. The molecule has 0 bridgehead atoms. The molecule has 5 rings (SSSR count). The third kappa shape index (κ3) is 5.70. The van der Waals surface area contributed by atoms with Gasteiger partial charge in [0.1, 0.15) is 5.82 Å². The number of fused-ring (bicyclic) bond motifs is 1. The number of hydrogen-bond acceptors (Lipinski definition) is 6. The molecule has 6 nitrogen and oxygen atoms in total. The smallest absolute Gasteiger partial charge is 0.249 e. The SMILES string of the molecule is Cc1ccc(-c2cc(Nc3cnc4ccc(CC(C)(F)F)cc4c3)nc(N3CCCCC3)n2)cn1. The Hall–Kier alpha value is -3.68. The Kier molecular flexibility index (Phi) is 6.28. The number of halogens is 2. The lowest BCUT2D eigenvalue weighted by atomic mass is 10.1. The van der Waals surface area contributed by atoms with Gasteiger partial charge in [-0.1, -0.05) is 6.07 Å². The van der Waals surface area contributed by atoms with Gasteiger partial charge in [-0.3, -0.25) is 9.97 Å². The lowest BCUT2D eigenvalue weighted by Gasteiger charge is -2.27. The van der Waals surface area contributed by atoms with Gasteiger partial charge in [0.05, 0.1) is 23.1 Å². The number of nitrogens with zero attached hydrogens (tertiary/aromatic N) is 5. The fourth-order valence-corrected chi connectivity index (χ4v) is 4.37. The highest BCUT2D eigenvalue weighted by molar-refractivity contribution is 5.83. The van der Waals surface area contributed by atoms with E-state index in [0.717, 1.165) is 66.4 Å². The molecular weight excluding hydrogens is 446 g/mol. The van der Waals surface area contributed by atoms with Crippen LogP contribution in [0.4, 0.5) is 26.2 Å². The molecule has 3 aromatic heterocycles. The number of hydrogen-bond donors (Lipinski definition) is 1. The number of piperidine rings is 1. The Morgan fingerprint density at radius 2 is 1.77 bits per heavy atom. The molecule has 0 aliphatic carbocycles. The highest BCUT2D eigenvalue weighted by Crippen LogP contribution is 2.28. The second kappa shape index (κ2) is 9.52. The summed E-state index contributed by atoms with van der Waals surface area (Å²) in [4.78, 5) is 20.8. The topological polar surface area (TPSA) is 66.8 Å². The van der Waals surface area contributed by atoms with Gasteiger partial charge in [-0.15, -0.1) is 0 Å². The number of benzene rings is 1. The Labute approximate surface area is 203 Å². The minimum absolute atomic E-state index is 0.306. The lowest BCUT2D eigenvalue weighted by molar-refractivity contribution is 0.0226. The van der Waals surface area contributed by atoms with Crippen LogP contribution in [0.2, 0.25) is 0 Å². The van der Waals surface area contributed by atoms with Crippen LogP contribution in [0.15, 0.2) is 54.9 Å². The van der Waals surface area contributed by atoms with E-state index in [9.17, 15) is 8.78 Å². The largest absolute Gasteiger partial charge is 0.341 e. The molecule has 0 spiro atoms. The van der Waals surface area contributed by atoms with Crippen LogP contribution in [0.25, 0.3) is 22.2 Å². The molecule has 4 heterocycles. The molecule has 180 valence electrons. The number of pyridine rings is 2. The van der Waals surface area contributed by atoms with E-state index >= 15 is 0 Å². The third-order valence-electron chi connectivity index (χ3n) is 6.09.